The van der Waals surface area contributed by atoms with E-state index in [2.05, 4.69) is 5.32 Å². The van der Waals surface area contributed by atoms with E-state index in [1.165, 1.54) is 12.1 Å². The van der Waals surface area contributed by atoms with E-state index >= 15 is 0 Å². The van der Waals surface area contributed by atoms with Gasteiger partial charge in [-0.05, 0) is 24.3 Å². The Hall–Kier alpha value is -1.42. The lowest BCUT2D eigenvalue weighted by Gasteiger charge is -2.19. The van der Waals surface area contributed by atoms with Crippen LogP contribution in [0.4, 0.5) is 5.69 Å². The largest absolute Gasteiger partial charge is 0.479 e. The van der Waals surface area contributed by atoms with Crippen molar-refractivity contribution in [1.29, 1.82) is 0 Å². The maximum atomic E-state index is 11.5. The molecule has 1 atom stereocenters. The molecule has 0 amide bonds. The molecule has 3 nitrogen and oxygen atoms in total. The van der Waals surface area contributed by atoms with Crippen molar-refractivity contribution in [2.45, 2.75) is 6.04 Å². The highest BCUT2D eigenvalue weighted by Gasteiger charge is 2.26. The van der Waals surface area contributed by atoms with Gasteiger partial charge in [0.2, 0.25) is 0 Å². The molecule has 0 fully saturated rings. The van der Waals surface area contributed by atoms with E-state index in [1.807, 2.05) is 6.07 Å². The van der Waals surface area contributed by atoms with Crippen LogP contribution in [0.2, 0.25) is 15.1 Å². The van der Waals surface area contributed by atoms with E-state index < -0.39 is 12.0 Å². The zero-order chi connectivity index (χ0) is 14.7. The normalized spacial score (nSPS) is 11.9. The predicted octanol–water partition coefficient (Wildman–Crippen LogP) is 4.88. The van der Waals surface area contributed by atoms with Crippen LogP contribution in [0, 0.1) is 0 Å². The molecule has 2 rings (SSSR count). The molecule has 20 heavy (non-hydrogen) atoms. The van der Waals surface area contributed by atoms with Gasteiger partial charge in [0.25, 0.3) is 0 Å². The number of benzene rings is 2. The van der Waals surface area contributed by atoms with Crippen LogP contribution in [0.5, 0.6) is 0 Å². The number of rotatable bonds is 4. The molecule has 0 saturated carbocycles. The summed E-state index contributed by atoms with van der Waals surface area (Å²) in [4.78, 5) is 11.5. The van der Waals surface area contributed by atoms with Crippen molar-refractivity contribution in [3.63, 3.8) is 0 Å². The molecule has 0 bridgehead atoms. The van der Waals surface area contributed by atoms with Crippen LogP contribution in [-0.2, 0) is 4.79 Å². The van der Waals surface area contributed by atoms with Gasteiger partial charge in [-0.1, -0.05) is 53.0 Å². The number of halogens is 3. The van der Waals surface area contributed by atoms with Gasteiger partial charge in [0, 0.05) is 16.3 Å². The van der Waals surface area contributed by atoms with Crippen LogP contribution in [-0.4, -0.2) is 11.1 Å². The Labute approximate surface area is 131 Å². The minimum Gasteiger partial charge on any atom is -0.479 e. The van der Waals surface area contributed by atoms with E-state index in [0.29, 0.717) is 5.69 Å². The maximum absolute atomic E-state index is 11.5. The summed E-state index contributed by atoms with van der Waals surface area (Å²) < 4.78 is 0. The van der Waals surface area contributed by atoms with Gasteiger partial charge in [0.1, 0.15) is 0 Å². The molecule has 0 aliphatic rings. The van der Waals surface area contributed by atoms with Crippen molar-refractivity contribution < 1.29 is 9.90 Å². The van der Waals surface area contributed by atoms with Crippen LogP contribution in [0.15, 0.2) is 42.5 Å². The fraction of sp³-hybridized carbons (Fsp3) is 0.0714. The summed E-state index contributed by atoms with van der Waals surface area (Å²) in [5.74, 6) is -1.10. The first-order valence-corrected chi connectivity index (χ1v) is 6.82. The van der Waals surface area contributed by atoms with Gasteiger partial charge in [-0.2, -0.15) is 0 Å². The van der Waals surface area contributed by atoms with E-state index in [1.54, 1.807) is 24.3 Å². The second-order valence-corrected chi connectivity index (χ2v) is 5.23. The molecule has 0 aliphatic carbocycles. The lowest BCUT2D eigenvalue weighted by Crippen LogP contribution is -2.21. The molecular formula is C14H10Cl3NO2. The predicted molar refractivity (Wildman–Crippen MR) is 81.9 cm³/mol. The molecule has 0 spiro atoms. The minimum atomic E-state index is -1.10. The van der Waals surface area contributed by atoms with Crippen molar-refractivity contribution in [3.05, 3.63) is 63.1 Å². The third kappa shape index (κ3) is 3.18. The van der Waals surface area contributed by atoms with Gasteiger partial charge in [-0.15, -0.1) is 0 Å². The Morgan fingerprint density at radius 2 is 1.60 bits per heavy atom. The van der Waals surface area contributed by atoms with E-state index in [-0.39, 0.29) is 20.6 Å². The van der Waals surface area contributed by atoms with Crippen LogP contribution >= 0.6 is 34.8 Å². The highest BCUT2D eigenvalue weighted by atomic mass is 35.5. The van der Waals surface area contributed by atoms with Gasteiger partial charge in [0.05, 0.1) is 10.0 Å². The summed E-state index contributed by atoms with van der Waals surface area (Å²) in [6, 6.07) is 10.9. The molecule has 1 unspecified atom stereocenters. The molecule has 104 valence electrons. The summed E-state index contributed by atoms with van der Waals surface area (Å²) in [5.41, 5.74) is 0.893. The van der Waals surface area contributed by atoms with Gasteiger partial charge < -0.3 is 10.4 Å². The van der Waals surface area contributed by atoms with Gasteiger partial charge in [0.15, 0.2) is 6.04 Å². The number of nitrogens with one attached hydrogen (secondary N) is 1. The summed E-state index contributed by atoms with van der Waals surface area (Å²) in [7, 11) is 0. The Kier molecular flexibility index (Phi) is 4.76. The SMILES string of the molecule is O=C(O)C(Nc1ccccc1)c1c(Cl)ccc(Cl)c1Cl. The second-order valence-electron chi connectivity index (χ2n) is 4.04. The Morgan fingerprint density at radius 1 is 1.00 bits per heavy atom. The lowest BCUT2D eigenvalue weighted by molar-refractivity contribution is -0.138. The Balaban J connectivity index is 2.45. The van der Waals surface area contributed by atoms with Gasteiger partial charge in [-0.25, -0.2) is 4.79 Å². The molecule has 0 aliphatic heterocycles. The van der Waals surface area contributed by atoms with Crippen molar-refractivity contribution >= 4 is 46.5 Å². The number of carbonyl (C=O) groups is 1. The quantitative estimate of drug-likeness (QED) is 0.785. The highest BCUT2D eigenvalue weighted by molar-refractivity contribution is 6.44. The van der Waals surface area contributed by atoms with Crippen LogP contribution in [0.25, 0.3) is 0 Å². The smallest absolute Gasteiger partial charge is 0.330 e. The first-order valence-electron chi connectivity index (χ1n) is 5.68. The minimum absolute atomic E-state index is 0.134. The third-order valence-corrected chi connectivity index (χ3v) is 3.85. The van der Waals surface area contributed by atoms with E-state index in [4.69, 9.17) is 34.8 Å². The van der Waals surface area contributed by atoms with Crippen molar-refractivity contribution in [3.8, 4) is 0 Å². The molecule has 2 N–H and O–H groups in total. The first-order chi connectivity index (χ1) is 9.50. The number of hydrogen-bond acceptors (Lipinski definition) is 2. The molecule has 0 heterocycles. The average molecular weight is 331 g/mol. The Morgan fingerprint density at radius 3 is 2.20 bits per heavy atom. The second kappa shape index (κ2) is 6.35. The van der Waals surface area contributed by atoms with Crippen molar-refractivity contribution in [1.82, 2.24) is 0 Å². The summed E-state index contributed by atoms with van der Waals surface area (Å²) >= 11 is 18.1. The monoisotopic (exact) mass is 329 g/mol. The molecule has 0 saturated heterocycles. The van der Waals surface area contributed by atoms with Crippen LogP contribution in [0.1, 0.15) is 11.6 Å². The topological polar surface area (TPSA) is 49.3 Å². The zero-order valence-electron chi connectivity index (χ0n) is 10.1. The molecule has 0 aromatic heterocycles. The van der Waals surface area contributed by atoms with Crippen LogP contribution in [0.3, 0.4) is 0 Å². The fourth-order valence-corrected chi connectivity index (χ4v) is 2.52. The maximum Gasteiger partial charge on any atom is 0.330 e. The highest BCUT2D eigenvalue weighted by Crippen LogP contribution is 2.37. The van der Waals surface area contributed by atoms with Gasteiger partial charge >= 0.3 is 5.97 Å². The summed E-state index contributed by atoms with van der Waals surface area (Å²) in [6.45, 7) is 0. The molecule has 2 aromatic rings. The van der Waals surface area contributed by atoms with E-state index in [0.717, 1.165) is 0 Å². The molecule has 6 heteroatoms. The van der Waals surface area contributed by atoms with E-state index in [9.17, 15) is 9.90 Å². The summed E-state index contributed by atoms with van der Waals surface area (Å²) in [6.07, 6.45) is 0. The number of aliphatic carboxylic acids is 1. The number of para-hydroxylation sites is 1. The van der Waals surface area contributed by atoms with Crippen molar-refractivity contribution in [2.75, 3.05) is 5.32 Å². The fourth-order valence-electron chi connectivity index (χ4n) is 1.77. The number of anilines is 1. The van der Waals surface area contributed by atoms with Crippen LogP contribution < -0.4 is 5.32 Å². The number of carboxylic acid groups (broad SMARTS) is 1. The Bertz CT molecular complexity index is 632. The summed E-state index contributed by atoms with van der Waals surface area (Å²) in [5, 5.41) is 12.9. The van der Waals surface area contributed by atoms with Crippen molar-refractivity contribution in [2.24, 2.45) is 0 Å². The standard InChI is InChI=1S/C14H10Cl3NO2/c15-9-6-7-10(16)12(17)11(9)13(14(19)20)18-8-4-2-1-3-5-8/h1-7,13,18H,(H,19,20). The third-order valence-electron chi connectivity index (χ3n) is 2.70. The number of carboxylic acids is 1. The number of hydrogen-bond donors (Lipinski definition) is 2. The lowest BCUT2D eigenvalue weighted by atomic mass is 10.1. The first kappa shape index (κ1) is 15.0. The molecule has 2 aromatic carbocycles. The van der Waals surface area contributed by atoms with Gasteiger partial charge in [-0.3, -0.25) is 0 Å². The average Bonchev–Trinajstić information content (AvgIpc) is 2.43. The molecular weight excluding hydrogens is 321 g/mol. The zero-order valence-corrected chi connectivity index (χ0v) is 12.4. The molecule has 0 radical (unpaired) electrons.